The van der Waals surface area contributed by atoms with Crippen molar-refractivity contribution in [2.24, 2.45) is 5.41 Å². The Bertz CT molecular complexity index is 878. The first-order chi connectivity index (χ1) is 12.2. The number of aromatic nitrogens is 1. The number of ketones is 1. The highest BCUT2D eigenvalue weighted by atomic mass is 16.3. The normalized spacial score (nSPS) is 17.8. The molecule has 5 heteroatoms. The number of benzene rings is 1. The first-order valence-corrected chi connectivity index (χ1v) is 8.50. The lowest BCUT2D eigenvalue weighted by molar-refractivity contribution is -0.123. The van der Waals surface area contributed by atoms with E-state index in [9.17, 15) is 14.7 Å². The van der Waals surface area contributed by atoms with Gasteiger partial charge in [0.05, 0.1) is 11.6 Å². The maximum atomic E-state index is 13.0. The molecule has 1 unspecified atom stereocenters. The zero-order valence-corrected chi connectivity index (χ0v) is 15.4. The molecule has 1 amide bonds. The van der Waals surface area contributed by atoms with E-state index in [1.165, 1.54) is 4.90 Å². The summed E-state index contributed by atoms with van der Waals surface area (Å²) in [5, 5.41) is 10.6. The van der Waals surface area contributed by atoms with E-state index >= 15 is 0 Å². The Hall–Kier alpha value is -2.95. The number of aliphatic hydroxyl groups is 1. The lowest BCUT2D eigenvalue weighted by Gasteiger charge is -2.28. The van der Waals surface area contributed by atoms with Crippen molar-refractivity contribution in [2.75, 3.05) is 4.90 Å². The molecule has 1 aromatic carbocycles. The van der Waals surface area contributed by atoms with Gasteiger partial charge in [0.1, 0.15) is 0 Å². The molecular formula is C21H22N2O3. The molecule has 5 nitrogen and oxygen atoms in total. The zero-order chi connectivity index (χ0) is 19.1. The first-order valence-electron chi connectivity index (χ1n) is 8.50. The quantitative estimate of drug-likeness (QED) is 0.911. The van der Waals surface area contributed by atoms with E-state index in [0.29, 0.717) is 11.3 Å². The summed E-state index contributed by atoms with van der Waals surface area (Å²) < 4.78 is 0. The maximum Gasteiger partial charge on any atom is 0.294 e. The number of carbonyl (C=O) groups excluding carboxylic acids is 2. The van der Waals surface area contributed by atoms with Gasteiger partial charge in [0.15, 0.2) is 11.5 Å². The number of hydrogen-bond donors (Lipinski definition) is 1. The van der Waals surface area contributed by atoms with E-state index in [1.54, 1.807) is 45.3 Å². The van der Waals surface area contributed by atoms with E-state index in [4.69, 9.17) is 0 Å². The fourth-order valence-corrected chi connectivity index (χ4v) is 3.07. The number of hydrogen-bond acceptors (Lipinski definition) is 4. The molecule has 3 rings (SSSR count). The molecule has 0 bridgehead atoms. The van der Waals surface area contributed by atoms with Gasteiger partial charge in [0.2, 0.25) is 0 Å². The van der Waals surface area contributed by atoms with Crippen molar-refractivity contribution in [3.05, 3.63) is 71.3 Å². The molecule has 0 saturated carbocycles. The SMILES string of the molecule is Cc1ccc(N2C(=O)C(O)=C(C(=O)C(C)(C)C)C2c2cccnc2)cc1. The van der Waals surface area contributed by atoms with Gasteiger partial charge in [-0.2, -0.15) is 0 Å². The molecule has 1 atom stereocenters. The summed E-state index contributed by atoms with van der Waals surface area (Å²) in [6.07, 6.45) is 3.25. The summed E-state index contributed by atoms with van der Waals surface area (Å²) in [5.41, 5.74) is 1.75. The molecular weight excluding hydrogens is 328 g/mol. The van der Waals surface area contributed by atoms with Crippen molar-refractivity contribution in [2.45, 2.75) is 33.7 Å². The minimum absolute atomic E-state index is 0.121. The Morgan fingerprint density at radius 3 is 2.35 bits per heavy atom. The van der Waals surface area contributed by atoms with Gasteiger partial charge in [-0.05, 0) is 30.7 Å². The number of aliphatic hydroxyl groups excluding tert-OH is 1. The summed E-state index contributed by atoms with van der Waals surface area (Å²) in [4.78, 5) is 31.5. The van der Waals surface area contributed by atoms with Crippen LogP contribution in [0.1, 0.15) is 37.9 Å². The van der Waals surface area contributed by atoms with Crippen LogP contribution in [-0.4, -0.2) is 21.8 Å². The van der Waals surface area contributed by atoms with Crippen LogP contribution in [0.4, 0.5) is 5.69 Å². The van der Waals surface area contributed by atoms with Crippen molar-refractivity contribution in [3.63, 3.8) is 0 Å². The first kappa shape index (κ1) is 17.9. The van der Waals surface area contributed by atoms with Crippen molar-refractivity contribution < 1.29 is 14.7 Å². The molecule has 1 N–H and O–H groups in total. The second kappa shape index (κ2) is 6.41. The number of nitrogens with zero attached hydrogens (tertiary/aromatic N) is 2. The Labute approximate surface area is 153 Å². The molecule has 2 aromatic rings. The molecule has 0 saturated heterocycles. The minimum Gasteiger partial charge on any atom is -0.503 e. The van der Waals surface area contributed by atoms with Crippen molar-refractivity contribution in [1.29, 1.82) is 0 Å². The van der Waals surface area contributed by atoms with Crippen molar-refractivity contribution >= 4 is 17.4 Å². The Morgan fingerprint density at radius 2 is 1.81 bits per heavy atom. The second-order valence-corrected chi connectivity index (χ2v) is 7.54. The highest BCUT2D eigenvalue weighted by Gasteiger charge is 2.46. The monoisotopic (exact) mass is 350 g/mol. The van der Waals surface area contributed by atoms with Crippen molar-refractivity contribution in [3.8, 4) is 0 Å². The van der Waals surface area contributed by atoms with Gasteiger partial charge in [-0.25, -0.2) is 0 Å². The van der Waals surface area contributed by atoms with Gasteiger partial charge >= 0.3 is 0 Å². The molecule has 134 valence electrons. The molecule has 0 aliphatic carbocycles. The van der Waals surface area contributed by atoms with Crippen LogP contribution in [0.5, 0.6) is 0 Å². The van der Waals surface area contributed by atoms with Gasteiger partial charge in [-0.3, -0.25) is 19.5 Å². The van der Waals surface area contributed by atoms with Gasteiger partial charge in [-0.15, -0.1) is 0 Å². The van der Waals surface area contributed by atoms with E-state index in [0.717, 1.165) is 5.56 Å². The summed E-state index contributed by atoms with van der Waals surface area (Å²) in [7, 11) is 0. The molecule has 1 aliphatic rings. The average molecular weight is 350 g/mol. The number of amides is 1. The Morgan fingerprint density at radius 1 is 1.15 bits per heavy atom. The van der Waals surface area contributed by atoms with Crippen molar-refractivity contribution in [1.82, 2.24) is 4.98 Å². The number of rotatable bonds is 3. The van der Waals surface area contributed by atoms with Gasteiger partial charge in [0, 0.05) is 23.5 Å². The van der Waals surface area contributed by atoms with Crippen LogP contribution in [0.3, 0.4) is 0 Å². The molecule has 0 spiro atoms. The van der Waals surface area contributed by atoms with E-state index in [2.05, 4.69) is 4.98 Å². The summed E-state index contributed by atoms with van der Waals surface area (Å²) >= 11 is 0. The number of carbonyl (C=O) groups is 2. The fourth-order valence-electron chi connectivity index (χ4n) is 3.07. The van der Waals surface area contributed by atoms with Crippen LogP contribution in [0.2, 0.25) is 0 Å². The number of Topliss-reactive ketones (excluding diaryl/α,β-unsaturated/α-hetero) is 1. The largest absolute Gasteiger partial charge is 0.503 e. The number of pyridine rings is 1. The van der Waals surface area contributed by atoms with Crippen LogP contribution in [0, 0.1) is 12.3 Å². The van der Waals surface area contributed by atoms with E-state index in [-0.39, 0.29) is 11.4 Å². The molecule has 0 fully saturated rings. The summed E-state index contributed by atoms with van der Waals surface area (Å²) in [5.74, 6) is -1.32. The molecule has 0 radical (unpaired) electrons. The molecule has 1 aromatic heterocycles. The van der Waals surface area contributed by atoms with Crippen LogP contribution in [-0.2, 0) is 9.59 Å². The van der Waals surface area contributed by atoms with Gasteiger partial charge in [-0.1, -0.05) is 44.5 Å². The van der Waals surface area contributed by atoms with Crippen LogP contribution < -0.4 is 4.90 Å². The maximum absolute atomic E-state index is 13.0. The smallest absolute Gasteiger partial charge is 0.294 e. The highest BCUT2D eigenvalue weighted by molar-refractivity contribution is 6.17. The standard InChI is InChI=1S/C21H22N2O3/c1-13-7-9-15(10-8-13)23-17(14-6-5-11-22-12-14)16(18(24)20(23)26)19(25)21(2,3)4/h5-12,17,24H,1-4H3. The number of anilines is 1. The van der Waals surface area contributed by atoms with Gasteiger partial charge in [0.25, 0.3) is 5.91 Å². The van der Waals surface area contributed by atoms with Crippen LogP contribution in [0.25, 0.3) is 0 Å². The highest BCUT2D eigenvalue weighted by Crippen LogP contribution is 2.43. The summed E-state index contributed by atoms with van der Waals surface area (Å²) in [6.45, 7) is 7.28. The lowest BCUT2D eigenvalue weighted by Crippen LogP contribution is -2.32. The van der Waals surface area contributed by atoms with Crippen LogP contribution >= 0.6 is 0 Å². The third kappa shape index (κ3) is 3.01. The molecule has 26 heavy (non-hydrogen) atoms. The second-order valence-electron chi connectivity index (χ2n) is 7.54. The minimum atomic E-state index is -0.729. The third-order valence-electron chi connectivity index (χ3n) is 4.45. The Balaban J connectivity index is 2.19. The van der Waals surface area contributed by atoms with E-state index in [1.807, 2.05) is 31.2 Å². The molecule has 1 aliphatic heterocycles. The van der Waals surface area contributed by atoms with E-state index < -0.39 is 23.1 Å². The molecule has 2 heterocycles. The predicted molar refractivity (Wildman–Crippen MR) is 99.8 cm³/mol. The summed E-state index contributed by atoms with van der Waals surface area (Å²) in [6, 6.07) is 10.3. The lowest BCUT2D eigenvalue weighted by atomic mass is 9.82. The fraction of sp³-hybridized carbons (Fsp3) is 0.286. The zero-order valence-electron chi connectivity index (χ0n) is 15.4. The average Bonchev–Trinajstić information content (AvgIpc) is 2.86. The number of aryl methyl sites for hydroxylation is 1. The Kier molecular flexibility index (Phi) is 4.40. The topological polar surface area (TPSA) is 70.5 Å². The van der Waals surface area contributed by atoms with Gasteiger partial charge < -0.3 is 5.11 Å². The predicted octanol–water partition coefficient (Wildman–Crippen LogP) is 3.91. The third-order valence-corrected chi connectivity index (χ3v) is 4.45. The van der Waals surface area contributed by atoms with Crippen LogP contribution in [0.15, 0.2) is 60.1 Å².